The lowest BCUT2D eigenvalue weighted by Gasteiger charge is -2.36. The van der Waals surface area contributed by atoms with E-state index in [1.165, 1.54) is 25.7 Å². The van der Waals surface area contributed by atoms with Gasteiger partial charge < -0.3 is 16.4 Å². The second-order valence-corrected chi connectivity index (χ2v) is 6.32. The standard InChI is InChI=1S/C17H27N3O/c1-11(2)13-6-4-5-7-15(13)20-16-10-12(17(21)19-3)8-9-14(16)18/h8-11,13,15,20H,4-7,18H2,1-3H3,(H,19,21). The maximum Gasteiger partial charge on any atom is 0.251 e. The molecular weight excluding hydrogens is 262 g/mol. The maximum atomic E-state index is 11.8. The summed E-state index contributed by atoms with van der Waals surface area (Å²) in [5.41, 5.74) is 8.31. The van der Waals surface area contributed by atoms with Crippen molar-refractivity contribution in [1.82, 2.24) is 5.32 Å². The molecule has 0 heterocycles. The van der Waals surface area contributed by atoms with Crippen molar-refractivity contribution in [3.63, 3.8) is 0 Å². The third kappa shape index (κ3) is 3.69. The van der Waals surface area contributed by atoms with Gasteiger partial charge in [-0.3, -0.25) is 4.79 Å². The molecule has 0 saturated heterocycles. The highest BCUT2D eigenvalue weighted by Crippen LogP contribution is 2.33. The first-order valence-electron chi connectivity index (χ1n) is 7.91. The molecule has 1 amide bonds. The summed E-state index contributed by atoms with van der Waals surface area (Å²) >= 11 is 0. The molecule has 1 fully saturated rings. The molecule has 2 unspecified atom stereocenters. The van der Waals surface area contributed by atoms with Crippen LogP contribution in [0.4, 0.5) is 11.4 Å². The number of nitrogens with two attached hydrogens (primary N) is 1. The largest absolute Gasteiger partial charge is 0.397 e. The van der Waals surface area contributed by atoms with Gasteiger partial charge in [0.25, 0.3) is 5.91 Å². The minimum atomic E-state index is -0.0814. The average molecular weight is 289 g/mol. The molecule has 1 aromatic rings. The number of anilines is 2. The number of rotatable bonds is 4. The van der Waals surface area contributed by atoms with Gasteiger partial charge in [-0.1, -0.05) is 26.7 Å². The summed E-state index contributed by atoms with van der Waals surface area (Å²) < 4.78 is 0. The fraction of sp³-hybridized carbons (Fsp3) is 0.588. The first kappa shape index (κ1) is 15.7. The molecule has 0 aliphatic heterocycles. The number of hydrogen-bond acceptors (Lipinski definition) is 3. The Hall–Kier alpha value is -1.71. The number of carbonyl (C=O) groups is 1. The van der Waals surface area contributed by atoms with Crippen molar-refractivity contribution in [2.75, 3.05) is 18.1 Å². The Labute approximate surface area is 127 Å². The summed E-state index contributed by atoms with van der Waals surface area (Å²) in [4.78, 5) is 11.8. The number of hydrogen-bond donors (Lipinski definition) is 3. The molecule has 0 radical (unpaired) electrons. The van der Waals surface area contributed by atoms with Gasteiger partial charge in [0.1, 0.15) is 0 Å². The minimum absolute atomic E-state index is 0.0814. The number of benzene rings is 1. The summed E-state index contributed by atoms with van der Waals surface area (Å²) in [5.74, 6) is 1.25. The smallest absolute Gasteiger partial charge is 0.251 e. The van der Waals surface area contributed by atoms with Gasteiger partial charge >= 0.3 is 0 Å². The van der Waals surface area contributed by atoms with Gasteiger partial charge in [0, 0.05) is 18.7 Å². The van der Waals surface area contributed by atoms with Crippen LogP contribution in [0.3, 0.4) is 0 Å². The van der Waals surface area contributed by atoms with E-state index in [4.69, 9.17) is 5.73 Å². The monoisotopic (exact) mass is 289 g/mol. The third-order valence-corrected chi connectivity index (χ3v) is 4.56. The van der Waals surface area contributed by atoms with E-state index < -0.39 is 0 Å². The second-order valence-electron chi connectivity index (χ2n) is 6.32. The zero-order chi connectivity index (χ0) is 15.4. The van der Waals surface area contributed by atoms with E-state index >= 15 is 0 Å². The molecule has 1 aliphatic rings. The zero-order valence-electron chi connectivity index (χ0n) is 13.3. The molecule has 2 atom stereocenters. The molecule has 116 valence electrons. The lowest BCUT2D eigenvalue weighted by Crippen LogP contribution is -2.35. The summed E-state index contributed by atoms with van der Waals surface area (Å²) in [6, 6.07) is 5.88. The summed E-state index contributed by atoms with van der Waals surface area (Å²) in [5, 5.41) is 6.25. The molecule has 0 spiro atoms. The van der Waals surface area contributed by atoms with E-state index in [0.717, 1.165) is 5.69 Å². The van der Waals surface area contributed by atoms with Crippen LogP contribution in [0.15, 0.2) is 18.2 Å². The average Bonchev–Trinajstić information content (AvgIpc) is 2.49. The summed E-state index contributed by atoms with van der Waals surface area (Å²) in [6.07, 6.45) is 5.02. The molecule has 0 bridgehead atoms. The molecule has 2 rings (SSSR count). The van der Waals surface area contributed by atoms with Crippen LogP contribution in [-0.2, 0) is 0 Å². The maximum absolute atomic E-state index is 11.8. The molecule has 0 aromatic heterocycles. The van der Waals surface area contributed by atoms with E-state index in [9.17, 15) is 4.79 Å². The van der Waals surface area contributed by atoms with Crippen molar-refractivity contribution in [1.29, 1.82) is 0 Å². The van der Waals surface area contributed by atoms with Crippen molar-refractivity contribution in [2.45, 2.75) is 45.6 Å². The fourth-order valence-electron chi connectivity index (χ4n) is 3.30. The highest BCUT2D eigenvalue weighted by atomic mass is 16.1. The van der Waals surface area contributed by atoms with Crippen molar-refractivity contribution in [3.8, 4) is 0 Å². The van der Waals surface area contributed by atoms with Gasteiger partial charge in [-0.25, -0.2) is 0 Å². The van der Waals surface area contributed by atoms with Gasteiger partial charge in [-0.2, -0.15) is 0 Å². The van der Waals surface area contributed by atoms with Crippen LogP contribution >= 0.6 is 0 Å². The van der Waals surface area contributed by atoms with Gasteiger partial charge in [-0.15, -0.1) is 0 Å². The number of carbonyl (C=O) groups excluding carboxylic acids is 1. The molecule has 4 heteroatoms. The van der Waals surface area contributed by atoms with Crippen LogP contribution in [0.1, 0.15) is 49.9 Å². The Bertz CT molecular complexity index is 499. The van der Waals surface area contributed by atoms with Gasteiger partial charge in [-0.05, 0) is 42.9 Å². The van der Waals surface area contributed by atoms with Crippen molar-refractivity contribution < 1.29 is 4.79 Å². The van der Waals surface area contributed by atoms with E-state index in [-0.39, 0.29) is 5.91 Å². The highest BCUT2D eigenvalue weighted by Gasteiger charge is 2.27. The van der Waals surface area contributed by atoms with E-state index in [1.807, 2.05) is 6.07 Å². The Morgan fingerprint density at radius 3 is 2.67 bits per heavy atom. The molecule has 21 heavy (non-hydrogen) atoms. The Morgan fingerprint density at radius 1 is 1.29 bits per heavy atom. The first-order chi connectivity index (χ1) is 10.0. The highest BCUT2D eigenvalue weighted by molar-refractivity contribution is 5.96. The Balaban J connectivity index is 2.19. The Morgan fingerprint density at radius 2 is 2.00 bits per heavy atom. The quantitative estimate of drug-likeness (QED) is 0.745. The summed E-state index contributed by atoms with van der Waals surface area (Å²) in [6.45, 7) is 4.57. The molecular formula is C17H27N3O. The van der Waals surface area contributed by atoms with Crippen molar-refractivity contribution in [3.05, 3.63) is 23.8 Å². The lowest BCUT2D eigenvalue weighted by atomic mass is 9.77. The first-order valence-corrected chi connectivity index (χ1v) is 7.91. The predicted octanol–water partition coefficient (Wildman–Crippen LogP) is 3.26. The minimum Gasteiger partial charge on any atom is -0.397 e. The van der Waals surface area contributed by atoms with Crippen LogP contribution in [0.2, 0.25) is 0 Å². The predicted molar refractivity (Wildman–Crippen MR) is 88.5 cm³/mol. The van der Waals surface area contributed by atoms with E-state index in [1.54, 1.807) is 19.2 Å². The van der Waals surface area contributed by atoms with Crippen molar-refractivity contribution in [2.24, 2.45) is 11.8 Å². The second kappa shape index (κ2) is 6.83. The Kier molecular flexibility index (Phi) is 5.10. The van der Waals surface area contributed by atoms with Crippen LogP contribution in [-0.4, -0.2) is 19.0 Å². The summed E-state index contributed by atoms with van der Waals surface area (Å²) in [7, 11) is 1.64. The molecule has 1 aliphatic carbocycles. The fourth-order valence-corrected chi connectivity index (χ4v) is 3.30. The topological polar surface area (TPSA) is 67.2 Å². The zero-order valence-corrected chi connectivity index (χ0v) is 13.3. The van der Waals surface area contributed by atoms with Crippen LogP contribution in [0.5, 0.6) is 0 Å². The molecule has 4 N–H and O–H groups in total. The van der Waals surface area contributed by atoms with Gasteiger partial charge in [0.05, 0.1) is 11.4 Å². The van der Waals surface area contributed by atoms with Crippen molar-refractivity contribution >= 4 is 17.3 Å². The van der Waals surface area contributed by atoms with E-state index in [2.05, 4.69) is 24.5 Å². The molecule has 1 aromatic carbocycles. The lowest BCUT2D eigenvalue weighted by molar-refractivity contribution is 0.0963. The molecule has 1 saturated carbocycles. The SMILES string of the molecule is CNC(=O)c1ccc(N)c(NC2CCCCC2C(C)C)c1. The van der Waals surface area contributed by atoms with E-state index in [0.29, 0.717) is 29.1 Å². The van der Waals surface area contributed by atoms with Crippen LogP contribution < -0.4 is 16.4 Å². The third-order valence-electron chi connectivity index (χ3n) is 4.56. The molecule has 4 nitrogen and oxygen atoms in total. The van der Waals surface area contributed by atoms with Gasteiger partial charge in [0.2, 0.25) is 0 Å². The number of nitrogen functional groups attached to an aromatic ring is 1. The number of nitrogens with one attached hydrogen (secondary N) is 2. The normalized spacial score (nSPS) is 22.1. The van der Waals surface area contributed by atoms with Crippen LogP contribution in [0, 0.1) is 11.8 Å². The number of amides is 1. The van der Waals surface area contributed by atoms with Gasteiger partial charge in [0.15, 0.2) is 0 Å². The van der Waals surface area contributed by atoms with Crippen LogP contribution in [0.25, 0.3) is 0 Å².